The summed E-state index contributed by atoms with van der Waals surface area (Å²) >= 11 is 0. The van der Waals surface area contributed by atoms with Crippen molar-refractivity contribution in [3.8, 4) is 0 Å². The molecule has 1 rings (SSSR count). The van der Waals surface area contributed by atoms with Crippen LogP contribution >= 0.6 is 0 Å². The zero-order valence-electron chi connectivity index (χ0n) is 12.1. The van der Waals surface area contributed by atoms with Gasteiger partial charge in [0.2, 0.25) is 0 Å². The molecule has 0 heterocycles. The summed E-state index contributed by atoms with van der Waals surface area (Å²) in [5, 5.41) is 9.75. The molecule has 0 aliphatic heterocycles. The number of aliphatic hydroxyl groups is 1. The van der Waals surface area contributed by atoms with E-state index in [-0.39, 0.29) is 5.41 Å². The summed E-state index contributed by atoms with van der Waals surface area (Å²) < 4.78 is 0. The van der Waals surface area contributed by atoms with Crippen LogP contribution in [-0.4, -0.2) is 10.7 Å². The van der Waals surface area contributed by atoms with E-state index in [9.17, 15) is 5.11 Å². The SMILES string of the molecule is Cc1cc(C(C)(C)C)ccc1CCC(C)(C)O. The van der Waals surface area contributed by atoms with Gasteiger partial charge in [-0.25, -0.2) is 0 Å². The lowest BCUT2D eigenvalue weighted by molar-refractivity contribution is 0.0713. The minimum atomic E-state index is -0.574. The molecule has 1 N–H and O–H groups in total. The highest BCUT2D eigenvalue weighted by Gasteiger charge is 2.16. The van der Waals surface area contributed by atoms with Crippen LogP contribution in [0.4, 0.5) is 0 Å². The number of benzene rings is 1. The highest BCUT2D eigenvalue weighted by Crippen LogP contribution is 2.25. The maximum Gasteiger partial charge on any atom is 0.0594 e. The van der Waals surface area contributed by atoms with Crippen molar-refractivity contribution in [2.24, 2.45) is 0 Å². The fraction of sp³-hybridized carbons (Fsp3) is 0.625. The molecule has 1 aromatic carbocycles. The zero-order valence-corrected chi connectivity index (χ0v) is 12.1. The second-order valence-corrected chi connectivity index (χ2v) is 6.70. The Morgan fingerprint density at radius 2 is 1.65 bits per heavy atom. The van der Waals surface area contributed by atoms with Crippen molar-refractivity contribution in [3.63, 3.8) is 0 Å². The summed E-state index contributed by atoms with van der Waals surface area (Å²) in [7, 11) is 0. The van der Waals surface area contributed by atoms with E-state index in [1.165, 1.54) is 16.7 Å². The second-order valence-electron chi connectivity index (χ2n) is 6.70. The third kappa shape index (κ3) is 4.51. The quantitative estimate of drug-likeness (QED) is 0.838. The molecule has 0 bridgehead atoms. The van der Waals surface area contributed by atoms with Crippen LogP contribution in [0.2, 0.25) is 0 Å². The molecule has 1 heteroatoms. The molecule has 0 saturated heterocycles. The topological polar surface area (TPSA) is 20.2 Å². The third-order valence-corrected chi connectivity index (χ3v) is 3.21. The van der Waals surface area contributed by atoms with Gasteiger partial charge in [-0.2, -0.15) is 0 Å². The van der Waals surface area contributed by atoms with Crippen molar-refractivity contribution >= 4 is 0 Å². The van der Waals surface area contributed by atoms with Gasteiger partial charge in [0, 0.05) is 0 Å². The van der Waals surface area contributed by atoms with Gasteiger partial charge >= 0.3 is 0 Å². The first kappa shape index (κ1) is 14.2. The monoisotopic (exact) mass is 234 g/mol. The minimum absolute atomic E-state index is 0.208. The molecule has 0 unspecified atom stereocenters. The predicted octanol–water partition coefficient (Wildman–Crippen LogP) is 4.00. The summed E-state index contributed by atoms with van der Waals surface area (Å²) in [6.07, 6.45) is 1.75. The number of hydrogen-bond donors (Lipinski definition) is 1. The normalized spacial score (nSPS) is 12.9. The van der Waals surface area contributed by atoms with Gasteiger partial charge in [0.25, 0.3) is 0 Å². The van der Waals surface area contributed by atoms with E-state index >= 15 is 0 Å². The van der Waals surface area contributed by atoms with Gasteiger partial charge in [-0.1, -0.05) is 39.0 Å². The van der Waals surface area contributed by atoms with Gasteiger partial charge in [-0.3, -0.25) is 0 Å². The lowest BCUT2D eigenvalue weighted by Crippen LogP contribution is -2.19. The number of rotatable bonds is 3. The van der Waals surface area contributed by atoms with Gasteiger partial charge in [-0.15, -0.1) is 0 Å². The van der Waals surface area contributed by atoms with Crippen LogP contribution in [0.15, 0.2) is 18.2 Å². The average molecular weight is 234 g/mol. The molecule has 0 saturated carbocycles. The summed E-state index contributed by atoms with van der Waals surface area (Å²) in [4.78, 5) is 0. The van der Waals surface area contributed by atoms with E-state index in [1.807, 2.05) is 13.8 Å². The second kappa shape index (κ2) is 4.81. The molecule has 17 heavy (non-hydrogen) atoms. The van der Waals surface area contributed by atoms with Crippen LogP contribution in [0.5, 0.6) is 0 Å². The molecule has 0 aliphatic carbocycles. The molecule has 1 nitrogen and oxygen atoms in total. The Hall–Kier alpha value is -0.820. The standard InChI is InChI=1S/C16H26O/c1-12-11-14(15(2,3)4)8-7-13(12)9-10-16(5,6)17/h7-8,11,17H,9-10H2,1-6H3. The first-order chi connectivity index (χ1) is 7.59. The minimum Gasteiger partial charge on any atom is -0.390 e. The molecular formula is C16H26O. The summed E-state index contributed by atoms with van der Waals surface area (Å²) in [5.74, 6) is 0. The smallest absolute Gasteiger partial charge is 0.0594 e. The van der Waals surface area contributed by atoms with Gasteiger partial charge in [-0.05, 0) is 55.7 Å². The van der Waals surface area contributed by atoms with E-state index in [1.54, 1.807) is 0 Å². The van der Waals surface area contributed by atoms with Gasteiger partial charge in [0.15, 0.2) is 0 Å². The maximum atomic E-state index is 9.75. The number of aryl methyl sites for hydroxylation is 2. The highest BCUT2D eigenvalue weighted by molar-refractivity contribution is 5.34. The lowest BCUT2D eigenvalue weighted by Gasteiger charge is -2.22. The summed E-state index contributed by atoms with van der Waals surface area (Å²) in [6.45, 7) is 12.6. The largest absolute Gasteiger partial charge is 0.390 e. The molecule has 0 spiro atoms. The average Bonchev–Trinajstić information content (AvgIpc) is 2.12. The lowest BCUT2D eigenvalue weighted by atomic mass is 9.84. The molecule has 1 aromatic rings. The van der Waals surface area contributed by atoms with Crippen molar-refractivity contribution in [1.29, 1.82) is 0 Å². The maximum absolute atomic E-state index is 9.75. The Morgan fingerprint density at radius 3 is 2.06 bits per heavy atom. The summed E-state index contributed by atoms with van der Waals surface area (Å²) in [6, 6.07) is 6.70. The Kier molecular flexibility index (Phi) is 4.03. The van der Waals surface area contributed by atoms with Crippen molar-refractivity contribution in [2.45, 2.75) is 65.4 Å². The van der Waals surface area contributed by atoms with E-state index in [0.717, 1.165) is 12.8 Å². The van der Waals surface area contributed by atoms with Crippen LogP contribution < -0.4 is 0 Å². The van der Waals surface area contributed by atoms with Crippen LogP contribution in [0.3, 0.4) is 0 Å². The molecular weight excluding hydrogens is 208 g/mol. The Balaban J connectivity index is 2.84. The first-order valence-corrected chi connectivity index (χ1v) is 6.42. The third-order valence-electron chi connectivity index (χ3n) is 3.21. The van der Waals surface area contributed by atoms with Crippen molar-refractivity contribution in [1.82, 2.24) is 0 Å². The molecule has 0 atom stereocenters. The molecule has 0 aromatic heterocycles. The summed E-state index contributed by atoms with van der Waals surface area (Å²) in [5.41, 5.74) is 3.69. The predicted molar refractivity (Wildman–Crippen MR) is 74.5 cm³/mol. The first-order valence-electron chi connectivity index (χ1n) is 6.42. The molecule has 0 amide bonds. The number of hydrogen-bond acceptors (Lipinski definition) is 1. The fourth-order valence-corrected chi connectivity index (χ4v) is 1.88. The van der Waals surface area contributed by atoms with Crippen LogP contribution in [-0.2, 0) is 11.8 Å². The van der Waals surface area contributed by atoms with E-state index < -0.39 is 5.60 Å². The zero-order chi connectivity index (χ0) is 13.3. The van der Waals surface area contributed by atoms with E-state index in [4.69, 9.17) is 0 Å². The Labute approximate surface area is 106 Å². The fourth-order valence-electron chi connectivity index (χ4n) is 1.88. The van der Waals surface area contributed by atoms with Crippen LogP contribution in [0.25, 0.3) is 0 Å². The highest BCUT2D eigenvalue weighted by atomic mass is 16.3. The van der Waals surface area contributed by atoms with Crippen molar-refractivity contribution in [2.75, 3.05) is 0 Å². The van der Waals surface area contributed by atoms with Crippen LogP contribution in [0, 0.1) is 6.92 Å². The van der Waals surface area contributed by atoms with Gasteiger partial charge in [0.05, 0.1) is 5.60 Å². The van der Waals surface area contributed by atoms with E-state index in [2.05, 4.69) is 45.9 Å². The Bertz CT molecular complexity index is 377. The van der Waals surface area contributed by atoms with Crippen molar-refractivity contribution < 1.29 is 5.11 Å². The molecule has 96 valence electrons. The van der Waals surface area contributed by atoms with E-state index in [0.29, 0.717) is 0 Å². The molecule has 0 fully saturated rings. The van der Waals surface area contributed by atoms with Gasteiger partial charge < -0.3 is 5.11 Å². The Morgan fingerprint density at radius 1 is 1.06 bits per heavy atom. The van der Waals surface area contributed by atoms with Gasteiger partial charge in [0.1, 0.15) is 0 Å². The molecule has 0 aliphatic rings. The molecule has 0 radical (unpaired) electrons. The van der Waals surface area contributed by atoms with Crippen molar-refractivity contribution in [3.05, 3.63) is 34.9 Å². The van der Waals surface area contributed by atoms with Crippen LogP contribution in [0.1, 0.15) is 57.7 Å².